The summed E-state index contributed by atoms with van der Waals surface area (Å²) in [5.74, 6) is 1.38. The number of carbonyl (C=O) groups excluding carboxylic acids is 2. The third-order valence-electron chi connectivity index (χ3n) is 9.97. The van der Waals surface area contributed by atoms with Gasteiger partial charge in [0.2, 0.25) is 0 Å². The molecule has 5 rings (SSSR count). The van der Waals surface area contributed by atoms with Crippen molar-refractivity contribution in [2.24, 2.45) is 34.5 Å². The van der Waals surface area contributed by atoms with Crippen molar-refractivity contribution in [1.29, 1.82) is 0 Å². The lowest BCUT2D eigenvalue weighted by Crippen LogP contribution is -2.54. The van der Waals surface area contributed by atoms with Crippen molar-refractivity contribution in [1.82, 2.24) is 0 Å². The number of methoxy groups -OCH3 is 1. The molecule has 1 saturated heterocycles. The van der Waals surface area contributed by atoms with Gasteiger partial charge in [0.1, 0.15) is 5.60 Å². The van der Waals surface area contributed by atoms with Crippen LogP contribution in [0.4, 0.5) is 0 Å². The maximum atomic E-state index is 12.7. The van der Waals surface area contributed by atoms with E-state index in [0.29, 0.717) is 30.8 Å². The molecule has 170 valence electrons. The molecule has 0 radical (unpaired) electrons. The molecule has 2 saturated carbocycles. The Morgan fingerprint density at radius 2 is 1.97 bits per heavy atom. The molecule has 0 unspecified atom stereocenters. The Morgan fingerprint density at radius 3 is 2.71 bits per heavy atom. The molecule has 5 nitrogen and oxygen atoms in total. The molecule has 0 aromatic carbocycles. The van der Waals surface area contributed by atoms with Crippen LogP contribution in [0.2, 0.25) is 0 Å². The quantitative estimate of drug-likeness (QED) is 0.470. The second-order valence-electron chi connectivity index (χ2n) is 10.9. The zero-order chi connectivity index (χ0) is 22.0. The van der Waals surface area contributed by atoms with Crippen LogP contribution < -0.4 is 0 Å². The van der Waals surface area contributed by atoms with Crippen molar-refractivity contribution in [3.63, 3.8) is 0 Å². The van der Waals surface area contributed by atoms with E-state index in [4.69, 9.17) is 14.2 Å². The molecule has 0 aromatic heterocycles. The summed E-state index contributed by atoms with van der Waals surface area (Å²) in [6.07, 6.45) is 12.7. The zero-order valence-corrected chi connectivity index (χ0v) is 19.4. The molecule has 7 atom stereocenters. The number of hydrogen-bond acceptors (Lipinski definition) is 5. The second-order valence-corrected chi connectivity index (χ2v) is 10.9. The molecule has 0 bridgehead atoms. The molecule has 1 spiro atoms. The van der Waals surface area contributed by atoms with Crippen LogP contribution >= 0.6 is 0 Å². The van der Waals surface area contributed by atoms with E-state index in [-0.39, 0.29) is 16.8 Å². The predicted molar refractivity (Wildman–Crippen MR) is 116 cm³/mol. The van der Waals surface area contributed by atoms with Gasteiger partial charge in [-0.15, -0.1) is 0 Å². The normalized spacial score (nSPS) is 45.7. The highest BCUT2D eigenvalue weighted by atomic mass is 16.6. The van der Waals surface area contributed by atoms with Gasteiger partial charge in [-0.2, -0.15) is 0 Å². The Labute approximate surface area is 185 Å². The van der Waals surface area contributed by atoms with E-state index in [9.17, 15) is 9.59 Å². The molecular formula is C26H36O5. The van der Waals surface area contributed by atoms with E-state index in [2.05, 4.69) is 26.0 Å². The number of ether oxygens (including phenoxy) is 3. The van der Waals surface area contributed by atoms with Crippen LogP contribution in [0.3, 0.4) is 0 Å². The molecule has 31 heavy (non-hydrogen) atoms. The minimum atomic E-state index is -0.750. The van der Waals surface area contributed by atoms with Crippen molar-refractivity contribution < 1.29 is 23.8 Å². The Hall–Kier alpha value is -1.78. The predicted octanol–water partition coefficient (Wildman–Crippen LogP) is 4.95. The number of allylic oxidation sites excluding steroid dienone is 4. The smallest absolute Gasteiger partial charge is 0.321 e. The zero-order valence-electron chi connectivity index (χ0n) is 19.4. The Morgan fingerprint density at radius 1 is 1.19 bits per heavy atom. The van der Waals surface area contributed by atoms with Gasteiger partial charge < -0.3 is 14.2 Å². The van der Waals surface area contributed by atoms with E-state index >= 15 is 0 Å². The highest BCUT2D eigenvalue weighted by Crippen LogP contribution is 2.69. The highest BCUT2D eigenvalue weighted by molar-refractivity contribution is 5.96. The first-order valence-corrected chi connectivity index (χ1v) is 12.1. The number of fused-ring (bicyclic) bond motifs is 6. The first-order valence-electron chi connectivity index (χ1n) is 12.1. The average Bonchev–Trinajstić information content (AvgIpc) is 3.24. The van der Waals surface area contributed by atoms with Crippen molar-refractivity contribution in [3.8, 4) is 0 Å². The topological polar surface area (TPSA) is 61.8 Å². The van der Waals surface area contributed by atoms with Crippen molar-refractivity contribution in [2.75, 3.05) is 13.7 Å². The monoisotopic (exact) mass is 428 g/mol. The third-order valence-corrected chi connectivity index (χ3v) is 9.97. The van der Waals surface area contributed by atoms with Crippen LogP contribution in [-0.2, 0) is 23.8 Å². The molecular weight excluding hydrogens is 392 g/mol. The van der Waals surface area contributed by atoms with Gasteiger partial charge >= 0.3 is 11.9 Å². The largest absolute Gasteiger partial charge is 0.501 e. The number of hydrogen-bond donors (Lipinski definition) is 0. The van der Waals surface area contributed by atoms with Crippen molar-refractivity contribution in [3.05, 3.63) is 23.5 Å². The fourth-order valence-electron chi connectivity index (χ4n) is 8.20. The summed E-state index contributed by atoms with van der Waals surface area (Å²) in [5.41, 5.74) is 1.11. The van der Waals surface area contributed by atoms with Gasteiger partial charge in [-0.05, 0) is 80.3 Å². The Bertz CT molecular complexity index is 858. The molecule has 1 heterocycles. The lowest BCUT2D eigenvalue weighted by atomic mass is 9.47. The summed E-state index contributed by atoms with van der Waals surface area (Å²) in [6.45, 7) is 6.88. The Balaban J connectivity index is 1.43. The summed E-state index contributed by atoms with van der Waals surface area (Å²) >= 11 is 0. The third kappa shape index (κ3) is 2.80. The van der Waals surface area contributed by atoms with E-state index in [1.165, 1.54) is 5.57 Å². The van der Waals surface area contributed by atoms with Gasteiger partial charge in [0, 0.05) is 18.3 Å². The molecule has 0 amide bonds. The van der Waals surface area contributed by atoms with Gasteiger partial charge in [0.25, 0.3) is 0 Å². The first kappa shape index (κ1) is 21.1. The van der Waals surface area contributed by atoms with Gasteiger partial charge in [-0.3, -0.25) is 9.59 Å². The van der Waals surface area contributed by atoms with Gasteiger partial charge in [0.15, 0.2) is 5.92 Å². The van der Waals surface area contributed by atoms with E-state index < -0.39 is 17.5 Å². The number of esters is 2. The van der Waals surface area contributed by atoms with Gasteiger partial charge in [-0.25, -0.2) is 0 Å². The molecule has 3 fully saturated rings. The lowest BCUT2D eigenvalue weighted by Gasteiger charge is -2.58. The second kappa shape index (κ2) is 7.11. The fraction of sp³-hybridized carbons (Fsp3) is 0.769. The van der Waals surface area contributed by atoms with Crippen molar-refractivity contribution >= 4 is 11.9 Å². The van der Waals surface area contributed by atoms with Gasteiger partial charge in [0.05, 0.1) is 19.5 Å². The van der Waals surface area contributed by atoms with E-state index in [0.717, 1.165) is 50.7 Å². The molecule has 4 aliphatic carbocycles. The summed E-state index contributed by atoms with van der Waals surface area (Å²) < 4.78 is 16.9. The molecule has 0 N–H and O–H groups in total. The van der Waals surface area contributed by atoms with Crippen LogP contribution in [0.15, 0.2) is 23.5 Å². The molecule has 5 heteroatoms. The van der Waals surface area contributed by atoms with Crippen molar-refractivity contribution in [2.45, 2.75) is 77.7 Å². The highest BCUT2D eigenvalue weighted by Gasteiger charge is 2.69. The van der Waals surface area contributed by atoms with Crippen LogP contribution in [0.25, 0.3) is 0 Å². The lowest BCUT2D eigenvalue weighted by molar-refractivity contribution is -0.169. The summed E-state index contributed by atoms with van der Waals surface area (Å²) in [4.78, 5) is 25.1. The molecule has 5 aliphatic rings. The Kier molecular flexibility index (Phi) is 4.84. The van der Waals surface area contributed by atoms with Crippen LogP contribution in [0, 0.1) is 34.5 Å². The SMILES string of the molecule is CCOC(=O)[C@@H]1C[C@@]2(CC[C@H]3[C@H]4CC=C5C=C(OC)CC[C@]5(C)[C@@H]4CC[C@@]32C)OC1=O. The number of carbonyl (C=O) groups is 2. The number of rotatable bonds is 3. The van der Waals surface area contributed by atoms with Crippen LogP contribution in [-0.4, -0.2) is 31.3 Å². The summed E-state index contributed by atoms with van der Waals surface area (Å²) in [5, 5.41) is 0. The first-order chi connectivity index (χ1) is 14.8. The minimum Gasteiger partial charge on any atom is -0.501 e. The van der Waals surface area contributed by atoms with Crippen LogP contribution in [0.1, 0.15) is 72.1 Å². The maximum absolute atomic E-state index is 12.7. The van der Waals surface area contributed by atoms with E-state index in [1.807, 2.05) is 0 Å². The maximum Gasteiger partial charge on any atom is 0.321 e. The summed E-state index contributed by atoms with van der Waals surface area (Å²) in [7, 11) is 1.77. The average molecular weight is 429 g/mol. The van der Waals surface area contributed by atoms with Crippen LogP contribution in [0.5, 0.6) is 0 Å². The summed E-state index contributed by atoms with van der Waals surface area (Å²) in [6, 6.07) is 0. The fourth-order valence-corrected chi connectivity index (χ4v) is 8.20. The van der Waals surface area contributed by atoms with E-state index in [1.54, 1.807) is 14.0 Å². The minimum absolute atomic E-state index is 0.0605. The molecule has 0 aromatic rings. The van der Waals surface area contributed by atoms with Gasteiger partial charge in [-0.1, -0.05) is 19.9 Å². The molecule has 1 aliphatic heterocycles. The standard InChI is InChI=1S/C26H36O5/c1-5-30-22(27)19-15-26(31-23(19)28)13-10-21-18-7-6-16-14-17(29-4)8-11-24(16,2)20(18)9-12-25(21,26)3/h6,14,18-21H,5,7-13,15H2,1-4H3/t18-,19-,20+,21-,24-,25-,26+/m0/s1.